The lowest BCUT2D eigenvalue weighted by molar-refractivity contribution is -0.113. The highest BCUT2D eigenvalue weighted by molar-refractivity contribution is 8.19. The molecule has 0 radical (unpaired) electrons. The van der Waals surface area contributed by atoms with Gasteiger partial charge in [-0.05, 0) is 52.0 Å². The fourth-order valence-corrected chi connectivity index (χ4v) is 2.73. The molecule has 0 saturated carbocycles. The van der Waals surface area contributed by atoms with Crippen LogP contribution in [-0.2, 0) is 9.53 Å². The first kappa shape index (κ1) is 18.9. The molecule has 25 heavy (non-hydrogen) atoms. The van der Waals surface area contributed by atoms with Gasteiger partial charge in [-0.25, -0.2) is 9.79 Å². The highest BCUT2D eigenvalue weighted by Gasteiger charge is 2.25. The maximum absolute atomic E-state index is 12.1. The van der Waals surface area contributed by atoms with E-state index in [1.54, 1.807) is 46.9 Å². The third kappa shape index (κ3) is 5.25. The summed E-state index contributed by atoms with van der Waals surface area (Å²) in [6.07, 6.45) is -0.806. The largest absolute Gasteiger partial charge is 0.497 e. The fourth-order valence-electron chi connectivity index (χ4n) is 1.84. The maximum Gasteiger partial charge on any atom is 0.452 e. The van der Waals surface area contributed by atoms with Crippen molar-refractivity contribution in [1.29, 1.82) is 0 Å². The second-order valence-electron chi connectivity index (χ2n) is 6.15. The van der Waals surface area contributed by atoms with Gasteiger partial charge in [-0.15, -0.1) is 5.11 Å². The zero-order valence-corrected chi connectivity index (χ0v) is 15.5. The molecule has 2 rings (SSSR count). The van der Waals surface area contributed by atoms with E-state index in [0.717, 1.165) is 11.3 Å². The zero-order chi connectivity index (χ0) is 18.6. The van der Waals surface area contributed by atoms with Crippen molar-refractivity contribution in [1.82, 2.24) is 0 Å². The summed E-state index contributed by atoms with van der Waals surface area (Å²) < 4.78 is 10.1. The molecule has 0 bridgehead atoms. The number of methoxy groups -OCH3 is 1. The molecule has 1 aliphatic heterocycles. The molecule has 1 aromatic carbocycles. The molecule has 0 saturated heterocycles. The molecule has 132 valence electrons. The summed E-state index contributed by atoms with van der Waals surface area (Å²) in [6, 6.07) is 7.22. The van der Waals surface area contributed by atoms with Crippen molar-refractivity contribution in [3.05, 3.63) is 40.4 Å². The Labute approximate surface area is 150 Å². The molecule has 0 spiro atoms. The van der Waals surface area contributed by atoms with E-state index in [9.17, 15) is 9.59 Å². The third-order valence-electron chi connectivity index (χ3n) is 2.94. The second-order valence-corrected chi connectivity index (χ2v) is 7.15. The molecule has 1 aliphatic rings. The number of benzene rings is 1. The van der Waals surface area contributed by atoms with E-state index < -0.39 is 17.6 Å². The molecule has 2 amide bonds. The Hall–Kier alpha value is -2.48. The van der Waals surface area contributed by atoms with Gasteiger partial charge >= 0.3 is 6.09 Å². The van der Waals surface area contributed by atoms with Gasteiger partial charge in [-0.1, -0.05) is 16.9 Å². The van der Waals surface area contributed by atoms with Gasteiger partial charge in [0, 0.05) is 5.56 Å². The zero-order valence-electron chi connectivity index (χ0n) is 14.7. The van der Waals surface area contributed by atoms with Crippen LogP contribution >= 0.6 is 11.8 Å². The van der Waals surface area contributed by atoms with Crippen LogP contribution in [0.3, 0.4) is 0 Å². The van der Waals surface area contributed by atoms with Gasteiger partial charge in [-0.3, -0.25) is 4.79 Å². The van der Waals surface area contributed by atoms with Crippen molar-refractivity contribution in [3.63, 3.8) is 0 Å². The minimum absolute atomic E-state index is 0.313. The molecular weight excluding hydrogens is 342 g/mol. The average molecular weight is 361 g/mol. The van der Waals surface area contributed by atoms with Crippen LogP contribution in [0.4, 0.5) is 4.79 Å². The molecule has 1 heterocycles. The van der Waals surface area contributed by atoms with Gasteiger partial charge in [0.25, 0.3) is 5.91 Å². The SMILES string of the molecule is COc1ccc(C2=NC(=O)/C(=C(/C)N=NC(=O)OC(C)(C)C)S2)cc1. The number of thioether (sulfide) groups is 1. The number of carbonyl (C=O) groups is 2. The van der Waals surface area contributed by atoms with Crippen molar-refractivity contribution >= 4 is 28.8 Å². The second kappa shape index (κ2) is 7.60. The third-order valence-corrected chi connectivity index (χ3v) is 4.13. The van der Waals surface area contributed by atoms with Gasteiger partial charge in [0.1, 0.15) is 21.3 Å². The Balaban J connectivity index is 2.12. The first-order chi connectivity index (χ1) is 11.7. The summed E-state index contributed by atoms with van der Waals surface area (Å²) in [5.74, 6) is 0.313. The number of azo groups is 1. The number of ether oxygens (including phenoxy) is 2. The number of aliphatic imine (C=N–C) groups is 1. The van der Waals surface area contributed by atoms with Crippen molar-refractivity contribution < 1.29 is 19.1 Å². The van der Waals surface area contributed by atoms with Crippen LogP contribution in [0, 0.1) is 0 Å². The highest BCUT2D eigenvalue weighted by Crippen LogP contribution is 2.33. The molecule has 1 aromatic rings. The van der Waals surface area contributed by atoms with Crippen molar-refractivity contribution in [2.45, 2.75) is 33.3 Å². The lowest BCUT2D eigenvalue weighted by Gasteiger charge is -2.16. The van der Waals surface area contributed by atoms with E-state index >= 15 is 0 Å². The monoisotopic (exact) mass is 361 g/mol. The number of allylic oxidation sites excluding steroid dienone is 1. The van der Waals surface area contributed by atoms with Crippen molar-refractivity contribution in [2.24, 2.45) is 15.2 Å². The fraction of sp³-hybridized carbons (Fsp3) is 0.353. The van der Waals surface area contributed by atoms with Gasteiger partial charge < -0.3 is 9.47 Å². The van der Waals surface area contributed by atoms with E-state index in [2.05, 4.69) is 15.2 Å². The number of hydrogen-bond acceptors (Lipinski definition) is 6. The van der Waals surface area contributed by atoms with Crippen molar-refractivity contribution in [2.75, 3.05) is 7.11 Å². The predicted octanol–water partition coefficient (Wildman–Crippen LogP) is 4.33. The lowest BCUT2D eigenvalue weighted by atomic mass is 10.2. The number of carbonyl (C=O) groups excluding carboxylic acids is 2. The van der Waals surface area contributed by atoms with Crippen LogP contribution in [-0.4, -0.2) is 29.8 Å². The standard InChI is InChI=1S/C17H19N3O4S/c1-10(19-20-16(22)24-17(2,3)4)13-14(21)18-15(25-13)11-6-8-12(23-5)9-7-11/h6-9H,1-5H3/b13-10+,20-19?. The summed E-state index contributed by atoms with van der Waals surface area (Å²) in [5.41, 5.74) is 0.457. The quantitative estimate of drug-likeness (QED) is 0.590. The van der Waals surface area contributed by atoms with Crippen LogP contribution in [0.15, 0.2) is 50.1 Å². The first-order valence-electron chi connectivity index (χ1n) is 7.50. The summed E-state index contributed by atoms with van der Waals surface area (Å²) in [5, 5.41) is 7.84. The maximum atomic E-state index is 12.1. The molecule has 0 aliphatic carbocycles. The number of rotatable bonds is 3. The summed E-state index contributed by atoms with van der Waals surface area (Å²) in [6.45, 7) is 6.80. The molecule has 0 N–H and O–H groups in total. The van der Waals surface area contributed by atoms with E-state index in [1.165, 1.54) is 11.8 Å². The Morgan fingerprint density at radius 2 is 1.80 bits per heavy atom. The number of hydrogen-bond donors (Lipinski definition) is 0. The summed E-state index contributed by atoms with van der Waals surface area (Å²) in [4.78, 5) is 28.0. The first-order valence-corrected chi connectivity index (χ1v) is 8.32. The Bertz CT molecular complexity index is 774. The lowest BCUT2D eigenvalue weighted by Crippen LogP contribution is -2.21. The van der Waals surface area contributed by atoms with Gasteiger partial charge in [0.05, 0.1) is 12.8 Å². The van der Waals surface area contributed by atoms with E-state index in [-0.39, 0.29) is 0 Å². The normalized spacial score (nSPS) is 16.8. The smallest absolute Gasteiger partial charge is 0.452 e. The topological polar surface area (TPSA) is 89.7 Å². The Kier molecular flexibility index (Phi) is 5.73. The molecule has 0 atom stereocenters. The summed E-state index contributed by atoms with van der Waals surface area (Å²) in [7, 11) is 1.58. The van der Waals surface area contributed by atoms with Crippen LogP contribution in [0.25, 0.3) is 0 Å². The molecule has 8 heteroatoms. The molecule has 7 nitrogen and oxygen atoms in total. The number of nitrogens with zero attached hydrogens (tertiary/aromatic N) is 3. The van der Waals surface area contributed by atoms with Crippen LogP contribution in [0.1, 0.15) is 33.3 Å². The van der Waals surface area contributed by atoms with E-state index in [1.807, 2.05) is 12.1 Å². The van der Waals surface area contributed by atoms with Gasteiger partial charge in [-0.2, -0.15) is 0 Å². The minimum Gasteiger partial charge on any atom is -0.497 e. The Morgan fingerprint density at radius 3 is 2.36 bits per heavy atom. The van der Waals surface area contributed by atoms with Crippen molar-refractivity contribution in [3.8, 4) is 5.75 Å². The number of amides is 2. The average Bonchev–Trinajstić information content (AvgIpc) is 2.93. The Morgan fingerprint density at radius 1 is 1.16 bits per heavy atom. The molecular formula is C17H19N3O4S. The van der Waals surface area contributed by atoms with Crippen LogP contribution in [0.2, 0.25) is 0 Å². The highest BCUT2D eigenvalue weighted by atomic mass is 32.2. The van der Waals surface area contributed by atoms with Crippen LogP contribution in [0.5, 0.6) is 5.75 Å². The molecule has 0 unspecified atom stereocenters. The molecule has 0 aromatic heterocycles. The van der Waals surface area contributed by atoms with Gasteiger partial charge in [0.2, 0.25) is 0 Å². The van der Waals surface area contributed by atoms with E-state index in [0.29, 0.717) is 15.6 Å². The van der Waals surface area contributed by atoms with E-state index in [4.69, 9.17) is 9.47 Å². The summed E-state index contributed by atoms with van der Waals surface area (Å²) >= 11 is 1.19. The predicted molar refractivity (Wildman–Crippen MR) is 95.9 cm³/mol. The molecule has 0 fully saturated rings. The minimum atomic E-state index is -0.806. The van der Waals surface area contributed by atoms with Crippen LogP contribution < -0.4 is 4.74 Å². The van der Waals surface area contributed by atoms with Gasteiger partial charge in [0.15, 0.2) is 0 Å².